The first-order valence-corrected chi connectivity index (χ1v) is 10.1. The van der Waals surface area contributed by atoms with E-state index in [1.807, 2.05) is 26.0 Å². The van der Waals surface area contributed by atoms with Crippen LogP contribution >= 0.6 is 22.6 Å². The van der Waals surface area contributed by atoms with Crippen molar-refractivity contribution in [1.29, 1.82) is 0 Å². The number of esters is 1. The quantitative estimate of drug-likeness (QED) is 0.166. The molecule has 0 unspecified atom stereocenters. The molecular weight excluding hydrogens is 499 g/mol. The van der Waals surface area contributed by atoms with Gasteiger partial charge in [-0.3, -0.25) is 4.79 Å². The maximum atomic E-state index is 12.0. The van der Waals surface area contributed by atoms with Crippen molar-refractivity contribution in [2.45, 2.75) is 13.8 Å². The van der Waals surface area contributed by atoms with E-state index in [0.29, 0.717) is 11.5 Å². The Hall–Kier alpha value is -3.14. The number of hydrazone groups is 1. The van der Waals surface area contributed by atoms with Crippen LogP contribution in [0, 0.1) is 17.4 Å². The second-order valence-electron chi connectivity index (χ2n) is 6.39. The molecule has 1 amide bonds. The molecule has 7 nitrogen and oxygen atoms in total. The summed E-state index contributed by atoms with van der Waals surface area (Å²) in [5.74, 6) is 0.254. The molecule has 3 rings (SSSR count). The first-order chi connectivity index (χ1) is 14.4. The van der Waals surface area contributed by atoms with E-state index in [9.17, 15) is 9.59 Å². The van der Waals surface area contributed by atoms with Crippen molar-refractivity contribution in [1.82, 2.24) is 5.43 Å². The Labute approximate surface area is 187 Å². The standard InChI is InChI=1S/C22H19IN2O5/c1-14-10-17(23)11-15(2)21(14)29-13-20(26)25-24-12-16-5-7-18(8-6-16)30-22(27)19-4-3-9-28-19/h3-12H,13H2,1-2H3,(H,25,26)/b24-12+. The molecule has 2 aromatic carbocycles. The predicted molar refractivity (Wildman–Crippen MR) is 120 cm³/mol. The molecular formula is C22H19IN2O5. The molecule has 0 spiro atoms. The fraction of sp³-hybridized carbons (Fsp3) is 0.136. The zero-order valence-electron chi connectivity index (χ0n) is 16.3. The van der Waals surface area contributed by atoms with Crippen molar-refractivity contribution in [3.05, 3.63) is 80.8 Å². The van der Waals surface area contributed by atoms with E-state index in [1.54, 1.807) is 30.3 Å². The molecule has 0 aliphatic carbocycles. The van der Waals surface area contributed by atoms with Crippen molar-refractivity contribution in [2.75, 3.05) is 6.61 Å². The summed E-state index contributed by atoms with van der Waals surface area (Å²) in [5.41, 5.74) is 5.10. The number of carbonyl (C=O) groups excluding carboxylic acids is 2. The fourth-order valence-electron chi connectivity index (χ4n) is 2.65. The van der Waals surface area contributed by atoms with Crippen LogP contribution in [-0.2, 0) is 4.79 Å². The molecule has 0 fully saturated rings. The molecule has 0 saturated heterocycles. The van der Waals surface area contributed by atoms with Gasteiger partial charge in [-0.1, -0.05) is 0 Å². The van der Waals surface area contributed by atoms with Gasteiger partial charge in [0.15, 0.2) is 6.61 Å². The third kappa shape index (κ3) is 5.93. The smallest absolute Gasteiger partial charge is 0.379 e. The van der Waals surface area contributed by atoms with E-state index < -0.39 is 5.97 Å². The van der Waals surface area contributed by atoms with Crippen molar-refractivity contribution in [3.8, 4) is 11.5 Å². The lowest BCUT2D eigenvalue weighted by atomic mass is 10.1. The summed E-state index contributed by atoms with van der Waals surface area (Å²) in [7, 11) is 0. The Balaban J connectivity index is 1.48. The summed E-state index contributed by atoms with van der Waals surface area (Å²) >= 11 is 2.24. The van der Waals surface area contributed by atoms with Gasteiger partial charge in [0.25, 0.3) is 5.91 Å². The fourth-order valence-corrected chi connectivity index (χ4v) is 3.58. The normalized spacial score (nSPS) is 10.8. The largest absolute Gasteiger partial charge is 0.483 e. The molecule has 154 valence electrons. The summed E-state index contributed by atoms with van der Waals surface area (Å²) in [6.07, 6.45) is 2.88. The van der Waals surface area contributed by atoms with Gasteiger partial charge in [0.1, 0.15) is 11.5 Å². The van der Waals surface area contributed by atoms with Crippen LogP contribution in [0.25, 0.3) is 0 Å². The molecule has 0 bridgehead atoms. The van der Waals surface area contributed by atoms with Crippen LogP contribution in [0.2, 0.25) is 0 Å². The molecule has 1 N–H and O–H groups in total. The molecule has 0 aliphatic rings. The van der Waals surface area contributed by atoms with Crippen molar-refractivity contribution >= 4 is 40.7 Å². The van der Waals surface area contributed by atoms with Gasteiger partial charge in [-0.05, 0) is 102 Å². The van der Waals surface area contributed by atoms with E-state index in [4.69, 9.17) is 13.9 Å². The molecule has 30 heavy (non-hydrogen) atoms. The molecule has 1 aromatic heterocycles. The van der Waals surface area contributed by atoms with Gasteiger partial charge in [0.05, 0.1) is 12.5 Å². The number of carbonyl (C=O) groups is 2. The minimum absolute atomic E-state index is 0.126. The number of nitrogens with zero attached hydrogens (tertiary/aromatic N) is 1. The summed E-state index contributed by atoms with van der Waals surface area (Å²) in [4.78, 5) is 23.8. The molecule has 3 aromatic rings. The minimum Gasteiger partial charge on any atom is -0.483 e. The van der Waals surface area contributed by atoms with Crippen LogP contribution < -0.4 is 14.9 Å². The maximum absolute atomic E-state index is 12.0. The van der Waals surface area contributed by atoms with Crippen LogP contribution in [0.4, 0.5) is 0 Å². The Morgan fingerprint density at radius 2 is 1.83 bits per heavy atom. The molecule has 0 aliphatic heterocycles. The van der Waals surface area contributed by atoms with Crippen molar-refractivity contribution in [2.24, 2.45) is 5.10 Å². The molecule has 1 heterocycles. The monoisotopic (exact) mass is 518 g/mol. The number of aryl methyl sites for hydroxylation is 2. The van der Waals surface area contributed by atoms with Crippen LogP contribution in [0.1, 0.15) is 27.2 Å². The average molecular weight is 518 g/mol. The summed E-state index contributed by atoms with van der Waals surface area (Å²) in [6, 6.07) is 13.8. The van der Waals surface area contributed by atoms with Crippen LogP contribution in [0.5, 0.6) is 11.5 Å². The SMILES string of the molecule is Cc1cc(I)cc(C)c1OCC(=O)N/N=C/c1ccc(OC(=O)c2ccco2)cc1. The third-order valence-electron chi connectivity index (χ3n) is 3.99. The number of benzene rings is 2. The van der Waals surface area contributed by atoms with Gasteiger partial charge in [-0.25, -0.2) is 10.2 Å². The summed E-state index contributed by atoms with van der Waals surface area (Å²) in [6.45, 7) is 3.74. The van der Waals surface area contributed by atoms with Gasteiger partial charge in [0, 0.05) is 3.57 Å². The molecule has 0 radical (unpaired) electrons. The predicted octanol–water partition coefficient (Wildman–Crippen LogP) is 4.25. The zero-order valence-corrected chi connectivity index (χ0v) is 18.5. The number of halogens is 1. The average Bonchev–Trinajstić information content (AvgIpc) is 3.23. The first-order valence-electron chi connectivity index (χ1n) is 8.99. The first kappa shape index (κ1) is 21.6. The number of ether oxygens (including phenoxy) is 2. The minimum atomic E-state index is -0.577. The highest BCUT2D eigenvalue weighted by molar-refractivity contribution is 14.1. The van der Waals surface area contributed by atoms with Gasteiger partial charge in [-0.2, -0.15) is 5.10 Å². The van der Waals surface area contributed by atoms with Crippen molar-refractivity contribution < 1.29 is 23.5 Å². The lowest BCUT2D eigenvalue weighted by Crippen LogP contribution is -2.25. The zero-order chi connectivity index (χ0) is 21.5. The second-order valence-corrected chi connectivity index (χ2v) is 7.63. The number of furan rings is 1. The van der Waals surface area contributed by atoms with Crippen LogP contribution in [0.3, 0.4) is 0 Å². The molecule has 8 heteroatoms. The highest BCUT2D eigenvalue weighted by Crippen LogP contribution is 2.25. The van der Waals surface area contributed by atoms with Crippen LogP contribution in [0.15, 0.2) is 64.3 Å². The Morgan fingerprint density at radius 1 is 1.13 bits per heavy atom. The van der Waals surface area contributed by atoms with E-state index in [-0.39, 0.29) is 18.3 Å². The number of rotatable bonds is 7. The highest BCUT2D eigenvalue weighted by atomic mass is 127. The van der Waals surface area contributed by atoms with E-state index in [0.717, 1.165) is 20.3 Å². The Bertz CT molecular complexity index is 1040. The van der Waals surface area contributed by atoms with Gasteiger partial charge in [0.2, 0.25) is 5.76 Å². The topological polar surface area (TPSA) is 90.1 Å². The highest BCUT2D eigenvalue weighted by Gasteiger charge is 2.11. The lowest BCUT2D eigenvalue weighted by molar-refractivity contribution is -0.123. The summed E-state index contributed by atoms with van der Waals surface area (Å²) < 4.78 is 16.9. The second kappa shape index (κ2) is 10.1. The van der Waals surface area contributed by atoms with E-state index in [2.05, 4.69) is 33.1 Å². The van der Waals surface area contributed by atoms with Crippen molar-refractivity contribution in [3.63, 3.8) is 0 Å². The van der Waals surface area contributed by atoms with E-state index in [1.165, 1.54) is 18.5 Å². The van der Waals surface area contributed by atoms with Gasteiger partial charge >= 0.3 is 5.97 Å². The summed E-state index contributed by atoms with van der Waals surface area (Å²) in [5, 5.41) is 3.92. The maximum Gasteiger partial charge on any atom is 0.379 e. The number of nitrogens with one attached hydrogen (secondary N) is 1. The Morgan fingerprint density at radius 3 is 2.47 bits per heavy atom. The number of amides is 1. The Kier molecular flexibility index (Phi) is 7.23. The molecule has 0 saturated carbocycles. The number of hydrogen-bond acceptors (Lipinski definition) is 6. The molecule has 0 atom stereocenters. The lowest BCUT2D eigenvalue weighted by Gasteiger charge is -2.11. The van der Waals surface area contributed by atoms with Gasteiger partial charge in [-0.15, -0.1) is 0 Å². The van der Waals surface area contributed by atoms with Crippen LogP contribution in [-0.4, -0.2) is 24.7 Å². The van der Waals surface area contributed by atoms with E-state index >= 15 is 0 Å². The number of hydrogen-bond donors (Lipinski definition) is 1. The van der Waals surface area contributed by atoms with Gasteiger partial charge < -0.3 is 13.9 Å². The third-order valence-corrected chi connectivity index (χ3v) is 4.61.